The van der Waals surface area contributed by atoms with Crippen LogP contribution in [0, 0.1) is 25.6 Å². The van der Waals surface area contributed by atoms with Gasteiger partial charge < -0.3 is 4.90 Å². The molecule has 0 saturated heterocycles. The van der Waals surface area contributed by atoms with Crippen molar-refractivity contribution in [2.75, 3.05) is 7.05 Å². The molecule has 1 N–H and O–H groups in total. The molecule has 0 aliphatic rings. The van der Waals surface area contributed by atoms with Gasteiger partial charge in [0.25, 0.3) is 0 Å². The van der Waals surface area contributed by atoms with Crippen LogP contribution in [-0.4, -0.2) is 42.1 Å². The van der Waals surface area contributed by atoms with Gasteiger partial charge in [0.15, 0.2) is 0 Å². The molecule has 0 aliphatic carbocycles. The van der Waals surface area contributed by atoms with Crippen LogP contribution in [0.4, 0.5) is 4.39 Å². The maximum Gasteiger partial charge on any atom is 0.244 e. The summed E-state index contributed by atoms with van der Waals surface area (Å²) in [6.45, 7) is 7.55. The molecule has 1 atom stereocenters. The lowest BCUT2D eigenvalue weighted by molar-refractivity contribution is -0.133. The van der Waals surface area contributed by atoms with Gasteiger partial charge in [-0.25, -0.2) is 17.5 Å². The average Bonchev–Trinajstić information content (AvgIpc) is 3.06. The van der Waals surface area contributed by atoms with E-state index in [1.165, 1.54) is 23.1 Å². The average molecular weight is 473 g/mol. The van der Waals surface area contributed by atoms with Crippen molar-refractivity contribution in [1.82, 2.24) is 19.4 Å². The summed E-state index contributed by atoms with van der Waals surface area (Å²) in [5.41, 5.74) is 3.47. The number of carbonyl (C=O) groups is 1. The van der Waals surface area contributed by atoms with Gasteiger partial charge >= 0.3 is 0 Å². The number of nitrogens with zero attached hydrogens (tertiary/aromatic N) is 3. The van der Waals surface area contributed by atoms with Gasteiger partial charge in [-0.05, 0) is 44.0 Å². The highest BCUT2D eigenvalue weighted by molar-refractivity contribution is 7.89. The molecule has 0 bridgehead atoms. The number of aromatic nitrogens is 2. The predicted molar refractivity (Wildman–Crippen MR) is 125 cm³/mol. The Morgan fingerprint density at radius 2 is 1.70 bits per heavy atom. The van der Waals surface area contributed by atoms with Crippen LogP contribution in [0.5, 0.6) is 0 Å². The Morgan fingerprint density at radius 3 is 2.30 bits per heavy atom. The fourth-order valence-corrected chi connectivity index (χ4v) is 5.06. The number of carbonyl (C=O) groups excluding carboxylic acids is 1. The van der Waals surface area contributed by atoms with E-state index in [1.54, 1.807) is 20.9 Å². The van der Waals surface area contributed by atoms with Gasteiger partial charge in [0.05, 0.1) is 11.4 Å². The summed E-state index contributed by atoms with van der Waals surface area (Å²) >= 11 is 0. The molecule has 9 heteroatoms. The van der Waals surface area contributed by atoms with Gasteiger partial charge in [0.2, 0.25) is 15.9 Å². The molecule has 0 aliphatic heterocycles. The number of aryl methyl sites for hydroxylation is 1. The molecule has 0 saturated carbocycles. The van der Waals surface area contributed by atoms with E-state index in [2.05, 4.69) is 9.82 Å². The van der Waals surface area contributed by atoms with E-state index in [0.29, 0.717) is 0 Å². The first-order valence-electron chi connectivity index (χ1n) is 10.6. The lowest BCUT2D eigenvalue weighted by Crippen LogP contribution is -2.50. The van der Waals surface area contributed by atoms with E-state index < -0.39 is 32.7 Å². The molecule has 1 aromatic heterocycles. The van der Waals surface area contributed by atoms with Crippen molar-refractivity contribution in [2.45, 2.75) is 45.2 Å². The third-order valence-electron chi connectivity index (χ3n) is 5.55. The Bertz CT molecular complexity index is 1240. The minimum atomic E-state index is -4.22. The number of nitrogens with one attached hydrogen (secondary N) is 1. The largest absolute Gasteiger partial charge is 0.340 e. The number of halogens is 1. The number of benzene rings is 2. The van der Waals surface area contributed by atoms with Gasteiger partial charge in [-0.1, -0.05) is 44.2 Å². The summed E-state index contributed by atoms with van der Waals surface area (Å²) in [5.74, 6) is -1.63. The predicted octanol–water partition coefficient (Wildman–Crippen LogP) is 3.59. The second-order valence-electron chi connectivity index (χ2n) is 8.36. The van der Waals surface area contributed by atoms with E-state index in [0.717, 1.165) is 28.7 Å². The Morgan fingerprint density at radius 1 is 1.09 bits per heavy atom. The second-order valence-corrected chi connectivity index (χ2v) is 10.0. The highest BCUT2D eigenvalue weighted by atomic mass is 32.2. The van der Waals surface area contributed by atoms with Crippen LogP contribution in [0.2, 0.25) is 0 Å². The van der Waals surface area contributed by atoms with Gasteiger partial charge in [-0.2, -0.15) is 9.82 Å². The molecule has 33 heavy (non-hydrogen) atoms. The quantitative estimate of drug-likeness (QED) is 0.543. The van der Waals surface area contributed by atoms with Gasteiger partial charge in [-0.3, -0.25) is 4.79 Å². The summed E-state index contributed by atoms with van der Waals surface area (Å²) in [4.78, 5) is 14.2. The number of hydrogen-bond donors (Lipinski definition) is 1. The molecule has 1 amide bonds. The van der Waals surface area contributed by atoms with Crippen molar-refractivity contribution in [3.63, 3.8) is 0 Å². The molecule has 0 radical (unpaired) electrons. The zero-order valence-electron chi connectivity index (χ0n) is 19.4. The van der Waals surface area contributed by atoms with Crippen LogP contribution in [0.15, 0.2) is 59.5 Å². The van der Waals surface area contributed by atoms with E-state index in [-0.39, 0.29) is 12.5 Å². The van der Waals surface area contributed by atoms with Crippen molar-refractivity contribution in [2.24, 2.45) is 5.92 Å². The minimum absolute atomic E-state index is 0.258. The smallest absolute Gasteiger partial charge is 0.244 e. The molecule has 0 unspecified atom stereocenters. The Kier molecular flexibility index (Phi) is 7.34. The van der Waals surface area contributed by atoms with Gasteiger partial charge in [-0.15, -0.1) is 0 Å². The summed E-state index contributed by atoms with van der Waals surface area (Å²) in [7, 11) is -2.60. The minimum Gasteiger partial charge on any atom is -0.340 e. The van der Waals surface area contributed by atoms with Crippen molar-refractivity contribution >= 4 is 15.9 Å². The third kappa shape index (κ3) is 5.31. The molecule has 3 aromatic rings. The first-order valence-corrected chi connectivity index (χ1v) is 12.1. The number of hydrogen-bond acceptors (Lipinski definition) is 4. The molecular formula is C24H29FN4O3S. The Hall–Kier alpha value is -3.04. The number of sulfonamides is 1. The van der Waals surface area contributed by atoms with Crippen LogP contribution in [0.25, 0.3) is 5.69 Å². The number of para-hydroxylation sites is 1. The first kappa shape index (κ1) is 24.6. The molecular weight excluding hydrogens is 443 g/mol. The van der Waals surface area contributed by atoms with Gasteiger partial charge in [0, 0.05) is 24.8 Å². The van der Waals surface area contributed by atoms with Crippen LogP contribution in [0.1, 0.15) is 30.8 Å². The molecule has 7 nitrogen and oxygen atoms in total. The number of likely N-dealkylation sites (N-methyl/N-ethyl adjacent to an activating group) is 1. The van der Waals surface area contributed by atoms with Crippen molar-refractivity contribution in [3.8, 4) is 5.69 Å². The topological polar surface area (TPSA) is 84.3 Å². The van der Waals surface area contributed by atoms with Crippen molar-refractivity contribution in [1.29, 1.82) is 0 Å². The normalized spacial score (nSPS) is 12.7. The standard InChI is InChI=1S/C24H29FN4O3S/c1-16(2)23(27-33(31,32)22-14-10-9-13-21(22)25)24(30)28(5)15-20-17(3)26-29(18(20)4)19-11-7-6-8-12-19/h6-14,16,23,27H,15H2,1-5H3/t23-/m0/s1. The van der Waals surface area contributed by atoms with E-state index in [9.17, 15) is 17.6 Å². The fraction of sp³-hybridized carbons (Fsp3) is 0.333. The lowest BCUT2D eigenvalue weighted by Gasteiger charge is -2.27. The molecule has 3 rings (SSSR count). The Labute approximate surface area is 194 Å². The van der Waals surface area contributed by atoms with Crippen LogP contribution < -0.4 is 4.72 Å². The molecule has 0 fully saturated rings. The van der Waals surface area contributed by atoms with E-state index in [4.69, 9.17) is 0 Å². The molecule has 0 spiro atoms. The maximum absolute atomic E-state index is 14.1. The van der Waals surface area contributed by atoms with Crippen molar-refractivity contribution in [3.05, 3.63) is 77.4 Å². The Balaban J connectivity index is 1.83. The van der Waals surface area contributed by atoms with E-state index >= 15 is 0 Å². The van der Waals surface area contributed by atoms with Crippen LogP contribution >= 0.6 is 0 Å². The summed E-state index contributed by atoms with van der Waals surface area (Å²) in [6.07, 6.45) is 0. The number of rotatable bonds is 8. The summed E-state index contributed by atoms with van der Waals surface area (Å²) < 4.78 is 43.9. The molecule has 1 heterocycles. The summed E-state index contributed by atoms with van der Waals surface area (Å²) in [5, 5.41) is 4.61. The molecule has 176 valence electrons. The van der Waals surface area contributed by atoms with Gasteiger partial charge in [0.1, 0.15) is 16.8 Å². The molecule has 2 aromatic carbocycles. The highest BCUT2D eigenvalue weighted by Gasteiger charge is 2.32. The zero-order valence-corrected chi connectivity index (χ0v) is 20.2. The summed E-state index contributed by atoms with van der Waals surface area (Å²) in [6, 6.07) is 13.7. The second kappa shape index (κ2) is 9.84. The fourth-order valence-electron chi connectivity index (χ4n) is 3.64. The number of amides is 1. The van der Waals surface area contributed by atoms with Crippen molar-refractivity contribution < 1.29 is 17.6 Å². The zero-order chi connectivity index (χ0) is 24.3. The SMILES string of the molecule is Cc1nn(-c2ccccc2)c(C)c1CN(C)C(=O)[C@@H](NS(=O)(=O)c1ccccc1F)C(C)C. The lowest BCUT2D eigenvalue weighted by atomic mass is 10.0. The first-order chi connectivity index (χ1) is 15.5. The maximum atomic E-state index is 14.1. The monoisotopic (exact) mass is 472 g/mol. The van der Waals surface area contributed by atoms with Crippen LogP contribution in [-0.2, 0) is 21.4 Å². The third-order valence-corrected chi connectivity index (χ3v) is 7.03. The highest BCUT2D eigenvalue weighted by Crippen LogP contribution is 2.21. The van der Waals surface area contributed by atoms with E-state index in [1.807, 2.05) is 48.9 Å². The van der Waals surface area contributed by atoms with Crippen LogP contribution in [0.3, 0.4) is 0 Å².